The van der Waals surface area contributed by atoms with Crippen LogP contribution in [-0.4, -0.2) is 0 Å². The molecular formula is C40H51O2P. The summed E-state index contributed by atoms with van der Waals surface area (Å²) in [7, 11) is -1.57. The summed E-state index contributed by atoms with van der Waals surface area (Å²) in [5.41, 5.74) is 6.66. The van der Waals surface area contributed by atoms with Gasteiger partial charge in [0.15, 0.2) is 0 Å². The number of rotatable bonds is 6. The molecule has 228 valence electrons. The third kappa shape index (κ3) is 7.71. The second-order valence-corrected chi connectivity index (χ2v) is 17.1. The van der Waals surface area contributed by atoms with Crippen molar-refractivity contribution in [2.45, 2.75) is 105 Å². The SMILES string of the molecule is CC(C)(C)c1cccc(C(C)(C)C)c1OP(Oc1c(C(C)(C)C)cccc1C(C)(C)C)c1cccc(-c2ccccc2)c1. The van der Waals surface area contributed by atoms with Crippen LogP contribution in [-0.2, 0) is 21.7 Å². The maximum absolute atomic E-state index is 7.29. The molecule has 0 aliphatic carbocycles. The van der Waals surface area contributed by atoms with Crippen LogP contribution in [0.4, 0.5) is 0 Å². The summed E-state index contributed by atoms with van der Waals surface area (Å²) in [4.78, 5) is 0. The van der Waals surface area contributed by atoms with Gasteiger partial charge in [-0.05, 0) is 44.9 Å². The van der Waals surface area contributed by atoms with Crippen molar-refractivity contribution in [3.05, 3.63) is 113 Å². The molecular weight excluding hydrogens is 543 g/mol. The fourth-order valence-electron chi connectivity index (χ4n) is 5.35. The fraction of sp³-hybridized carbons (Fsp3) is 0.400. The van der Waals surface area contributed by atoms with Gasteiger partial charge in [0.2, 0.25) is 0 Å². The van der Waals surface area contributed by atoms with Gasteiger partial charge in [0.1, 0.15) is 11.5 Å². The minimum absolute atomic E-state index is 0.108. The van der Waals surface area contributed by atoms with E-state index in [4.69, 9.17) is 9.05 Å². The molecule has 4 aromatic carbocycles. The van der Waals surface area contributed by atoms with Crippen LogP contribution in [0.5, 0.6) is 11.5 Å². The van der Waals surface area contributed by atoms with Gasteiger partial charge < -0.3 is 9.05 Å². The average molecular weight is 595 g/mol. The summed E-state index contributed by atoms with van der Waals surface area (Å²) in [5.74, 6) is 1.87. The summed E-state index contributed by atoms with van der Waals surface area (Å²) in [6.45, 7) is 27.1. The molecule has 0 radical (unpaired) electrons. The van der Waals surface area contributed by atoms with Crippen LogP contribution in [0, 0.1) is 0 Å². The Morgan fingerprint density at radius 2 is 0.744 bits per heavy atom. The zero-order valence-corrected chi connectivity index (χ0v) is 29.3. The molecule has 2 nitrogen and oxygen atoms in total. The maximum Gasteiger partial charge on any atom is 0.326 e. The molecule has 0 aliphatic rings. The van der Waals surface area contributed by atoms with E-state index in [0.29, 0.717) is 0 Å². The van der Waals surface area contributed by atoms with E-state index < -0.39 is 8.38 Å². The lowest BCUT2D eigenvalue weighted by Crippen LogP contribution is -2.22. The topological polar surface area (TPSA) is 18.5 Å². The Morgan fingerprint density at radius 3 is 1.12 bits per heavy atom. The Hall–Kier alpha value is -3.09. The first kappa shape index (κ1) is 32.8. The van der Waals surface area contributed by atoms with Gasteiger partial charge in [-0.15, -0.1) is 0 Å². The zero-order valence-electron chi connectivity index (χ0n) is 28.4. The minimum Gasteiger partial charge on any atom is -0.435 e. The molecule has 0 saturated heterocycles. The number of benzene rings is 4. The van der Waals surface area contributed by atoms with Crippen molar-refractivity contribution in [3.63, 3.8) is 0 Å². The highest BCUT2D eigenvalue weighted by molar-refractivity contribution is 7.56. The highest BCUT2D eigenvalue weighted by Gasteiger charge is 2.33. The van der Waals surface area contributed by atoms with Gasteiger partial charge in [0, 0.05) is 22.3 Å². The van der Waals surface area contributed by atoms with Gasteiger partial charge in [0.05, 0.1) is 5.30 Å². The summed E-state index contributed by atoms with van der Waals surface area (Å²) in [5, 5.41) is 1.04. The Kier molecular flexibility index (Phi) is 9.25. The van der Waals surface area contributed by atoms with Gasteiger partial charge in [-0.3, -0.25) is 0 Å². The van der Waals surface area contributed by atoms with Crippen LogP contribution in [0.1, 0.15) is 105 Å². The van der Waals surface area contributed by atoms with Crippen LogP contribution in [0.15, 0.2) is 91.0 Å². The van der Waals surface area contributed by atoms with Crippen molar-refractivity contribution in [3.8, 4) is 22.6 Å². The number of para-hydroxylation sites is 2. The molecule has 0 heterocycles. The highest BCUT2D eigenvalue weighted by Crippen LogP contribution is 2.51. The van der Waals surface area contributed by atoms with Gasteiger partial charge >= 0.3 is 8.38 Å². The lowest BCUT2D eigenvalue weighted by atomic mass is 9.79. The average Bonchev–Trinajstić information content (AvgIpc) is 2.91. The van der Waals surface area contributed by atoms with E-state index in [1.165, 1.54) is 27.8 Å². The third-order valence-corrected chi connectivity index (χ3v) is 9.17. The quantitative estimate of drug-likeness (QED) is 0.207. The standard InChI is InChI=1S/C40H51O2P/c1-37(2,3)31-23-17-24-32(38(4,5)6)35(31)41-43(30-22-16-21-29(27-30)28-19-14-13-15-20-28)42-36-33(39(7,8)9)25-18-26-34(36)40(10,11)12/h13-27H,1-12H3. The number of hydrogen-bond acceptors (Lipinski definition) is 2. The molecule has 0 bridgehead atoms. The molecule has 4 aromatic rings. The Labute approximate surface area is 262 Å². The largest absolute Gasteiger partial charge is 0.435 e. The Balaban J connectivity index is 1.98. The van der Waals surface area contributed by atoms with Gasteiger partial charge in [-0.25, -0.2) is 0 Å². The summed E-state index contributed by atoms with van der Waals surface area (Å²) < 4.78 is 14.6. The van der Waals surface area contributed by atoms with Crippen molar-refractivity contribution >= 4 is 13.7 Å². The van der Waals surface area contributed by atoms with Crippen LogP contribution in [0.25, 0.3) is 11.1 Å². The van der Waals surface area contributed by atoms with Gasteiger partial charge in [-0.1, -0.05) is 162 Å². The van der Waals surface area contributed by atoms with E-state index >= 15 is 0 Å². The lowest BCUT2D eigenvalue weighted by molar-refractivity contribution is 0.444. The molecule has 0 aliphatic heterocycles. The van der Waals surface area contributed by atoms with Crippen molar-refractivity contribution in [1.82, 2.24) is 0 Å². The Bertz CT molecular complexity index is 1400. The van der Waals surface area contributed by atoms with Crippen molar-refractivity contribution in [2.24, 2.45) is 0 Å². The highest BCUT2D eigenvalue weighted by atomic mass is 31.2. The van der Waals surface area contributed by atoms with Gasteiger partial charge in [0.25, 0.3) is 0 Å². The van der Waals surface area contributed by atoms with E-state index in [2.05, 4.69) is 174 Å². The maximum atomic E-state index is 7.29. The molecule has 0 N–H and O–H groups in total. The van der Waals surface area contributed by atoms with Crippen LogP contribution >= 0.6 is 8.38 Å². The molecule has 0 amide bonds. The molecule has 0 saturated carbocycles. The third-order valence-electron chi connectivity index (χ3n) is 7.77. The van der Waals surface area contributed by atoms with Crippen LogP contribution in [0.2, 0.25) is 0 Å². The summed E-state index contributed by atoms with van der Waals surface area (Å²) >= 11 is 0. The molecule has 0 aromatic heterocycles. The Morgan fingerprint density at radius 1 is 0.395 bits per heavy atom. The smallest absolute Gasteiger partial charge is 0.326 e. The van der Waals surface area contributed by atoms with E-state index in [1.54, 1.807) is 0 Å². The monoisotopic (exact) mass is 594 g/mol. The number of hydrogen-bond donors (Lipinski definition) is 0. The lowest BCUT2D eigenvalue weighted by Gasteiger charge is -2.33. The second-order valence-electron chi connectivity index (χ2n) is 15.7. The second kappa shape index (κ2) is 12.1. The zero-order chi connectivity index (χ0) is 31.8. The van der Waals surface area contributed by atoms with E-state index in [-0.39, 0.29) is 21.7 Å². The normalized spacial score (nSPS) is 12.9. The summed E-state index contributed by atoms with van der Waals surface area (Å²) in [6.07, 6.45) is 0. The molecule has 0 fully saturated rings. The summed E-state index contributed by atoms with van der Waals surface area (Å²) in [6, 6.07) is 32.4. The first-order valence-corrected chi connectivity index (χ1v) is 16.6. The predicted molar refractivity (Wildman–Crippen MR) is 187 cm³/mol. The predicted octanol–water partition coefficient (Wildman–Crippen LogP) is 11.6. The van der Waals surface area contributed by atoms with Crippen molar-refractivity contribution < 1.29 is 9.05 Å². The molecule has 0 atom stereocenters. The molecule has 43 heavy (non-hydrogen) atoms. The van der Waals surface area contributed by atoms with E-state index in [0.717, 1.165) is 22.4 Å². The van der Waals surface area contributed by atoms with E-state index in [1.807, 2.05) is 0 Å². The fourth-order valence-corrected chi connectivity index (χ4v) is 6.78. The van der Waals surface area contributed by atoms with Gasteiger partial charge in [-0.2, -0.15) is 0 Å². The minimum atomic E-state index is -1.57. The first-order chi connectivity index (χ1) is 19.9. The van der Waals surface area contributed by atoms with Crippen molar-refractivity contribution in [2.75, 3.05) is 0 Å². The molecule has 3 heteroatoms. The van der Waals surface area contributed by atoms with Crippen LogP contribution in [0.3, 0.4) is 0 Å². The van der Waals surface area contributed by atoms with Crippen LogP contribution < -0.4 is 14.4 Å². The van der Waals surface area contributed by atoms with E-state index in [9.17, 15) is 0 Å². The molecule has 0 spiro atoms. The molecule has 0 unspecified atom stereocenters. The molecule has 4 rings (SSSR count). The first-order valence-electron chi connectivity index (χ1n) is 15.5. The van der Waals surface area contributed by atoms with Crippen molar-refractivity contribution in [1.29, 1.82) is 0 Å².